The van der Waals surface area contributed by atoms with Crippen LogP contribution < -0.4 is 5.69 Å². The molecule has 0 saturated carbocycles. The molecular formula is C7H11F2N3O2S. The van der Waals surface area contributed by atoms with Gasteiger partial charge in [0.25, 0.3) is 6.43 Å². The summed E-state index contributed by atoms with van der Waals surface area (Å²) in [6.45, 7) is -0.403. The van der Waals surface area contributed by atoms with Gasteiger partial charge in [0, 0.05) is 0 Å². The van der Waals surface area contributed by atoms with Crippen LogP contribution in [0.1, 0.15) is 0 Å². The Morgan fingerprint density at radius 3 is 2.93 bits per heavy atom. The number of H-pyrrole nitrogens is 1. The lowest BCUT2D eigenvalue weighted by atomic mass is 10.7. The Balaban J connectivity index is 2.37. The van der Waals surface area contributed by atoms with Gasteiger partial charge >= 0.3 is 5.69 Å². The summed E-state index contributed by atoms with van der Waals surface area (Å²) in [5, 5.41) is 4.38. The molecular weight excluding hydrogens is 228 g/mol. The van der Waals surface area contributed by atoms with Crippen LogP contribution in [0, 0.1) is 0 Å². The molecule has 1 rings (SSSR count). The highest BCUT2D eigenvalue weighted by Crippen LogP contribution is 2.03. The zero-order chi connectivity index (χ0) is 11.3. The highest BCUT2D eigenvalue weighted by molar-refractivity contribution is 7.98. The summed E-state index contributed by atoms with van der Waals surface area (Å²) in [5.41, 5.74) is -0.361. The first-order valence-corrected chi connectivity index (χ1v) is 5.43. The number of nitrogens with one attached hydrogen (secondary N) is 1. The summed E-state index contributed by atoms with van der Waals surface area (Å²) in [6.07, 6.45) is -0.710. The summed E-state index contributed by atoms with van der Waals surface area (Å²) in [5.74, 6) is 0. The van der Waals surface area contributed by atoms with E-state index in [1.54, 1.807) is 6.26 Å². The number of hydrogen-bond acceptors (Lipinski definition) is 4. The van der Waals surface area contributed by atoms with E-state index in [-0.39, 0.29) is 18.8 Å². The van der Waals surface area contributed by atoms with Crippen molar-refractivity contribution in [1.82, 2.24) is 14.8 Å². The quantitative estimate of drug-likeness (QED) is 0.582. The number of aromatic nitrogens is 3. The number of ether oxygens (including phenoxy) is 1. The SMILES string of the molecule is CSc1nn(CCOCC(F)F)c(=O)[nH]1. The summed E-state index contributed by atoms with van der Waals surface area (Å²) in [7, 11) is 0. The van der Waals surface area contributed by atoms with E-state index in [2.05, 4.69) is 14.8 Å². The maximum Gasteiger partial charge on any atom is 0.344 e. The number of halogens is 2. The Morgan fingerprint density at radius 1 is 1.67 bits per heavy atom. The molecule has 0 spiro atoms. The van der Waals surface area contributed by atoms with Crippen LogP contribution in [0.3, 0.4) is 0 Å². The van der Waals surface area contributed by atoms with Gasteiger partial charge in [-0.1, -0.05) is 11.8 Å². The van der Waals surface area contributed by atoms with Crippen LogP contribution in [0.5, 0.6) is 0 Å². The van der Waals surface area contributed by atoms with E-state index in [0.29, 0.717) is 5.16 Å². The standard InChI is InChI=1S/C7H11F2N3O2S/c1-15-6-10-7(13)12(11-6)2-3-14-4-5(8)9/h5H,2-4H2,1H3,(H,10,11,13). The molecule has 0 atom stereocenters. The Labute approximate surface area is 88.8 Å². The van der Waals surface area contributed by atoms with Crippen molar-refractivity contribution in [3.05, 3.63) is 10.5 Å². The first-order chi connectivity index (χ1) is 7.13. The van der Waals surface area contributed by atoms with Crippen molar-refractivity contribution in [3.8, 4) is 0 Å². The van der Waals surface area contributed by atoms with E-state index in [1.165, 1.54) is 11.8 Å². The van der Waals surface area contributed by atoms with Gasteiger partial charge in [-0.2, -0.15) is 0 Å². The van der Waals surface area contributed by atoms with Gasteiger partial charge in [-0.3, -0.25) is 4.98 Å². The van der Waals surface area contributed by atoms with Gasteiger partial charge in [0.1, 0.15) is 6.61 Å². The summed E-state index contributed by atoms with van der Waals surface area (Å²) in [4.78, 5) is 13.7. The van der Waals surface area contributed by atoms with E-state index in [1.807, 2.05) is 0 Å². The van der Waals surface area contributed by atoms with E-state index < -0.39 is 13.0 Å². The second-order valence-corrected chi connectivity index (χ2v) is 3.42. The second-order valence-electron chi connectivity index (χ2n) is 2.63. The Bertz CT molecular complexity index is 352. The maximum atomic E-state index is 11.7. The van der Waals surface area contributed by atoms with Gasteiger partial charge in [-0.05, 0) is 6.26 Å². The third-order valence-electron chi connectivity index (χ3n) is 1.54. The number of thioether (sulfide) groups is 1. The fourth-order valence-electron chi connectivity index (χ4n) is 0.903. The van der Waals surface area contributed by atoms with Gasteiger partial charge in [0.05, 0.1) is 13.2 Å². The number of nitrogens with zero attached hydrogens (tertiary/aromatic N) is 2. The van der Waals surface area contributed by atoms with Crippen LogP contribution in [0.15, 0.2) is 9.95 Å². The zero-order valence-corrected chi connectivity index (χ0v) is 8.89. The molecule has 0 aliphatic carbocycles. The number of hydrogen-bond donors (Lipinski definition) is 1. The molecule has 0 fully saturated rings. The van der Waals surface area contributed by atoms with Crippen LogP contribution in [-0.4, -0.2) is 40.7 Å². The van der Waals surface area contributed by atoms with Crippen molar-refractivity contribution in [2.75, 3.05) is 19.5 Å². The molecule has 15 heavy (non-hydrogen) atoms. The molecule has 1 aromatic rings. The molecule has 0 bridgehead atoms. The molecule has 0 aliphatic heterocycles. The van der Waals surface area contributed by atoms with Crippen molar-refractivity contribution in [1.29, 1.82) is 0 Å². The average molecular weight is 239 g/mol. The average Bonchev–Trinajstić information content (AvgIpc) is 2.54. The summed E-state index contributed by atoms with van der Waals surface area (Å²) in [6, 6.07) is 0. The Morgan fingerprint density at radius 2 is 2.40 bits per heavy atom. The number of aromatic amines is 1. The number of rotatable bonds is 6. The van der Waals surface area contributed by atoms with Crippen LogP contribution in [-0.2, 0) is 11.3 Å². The number of alkyl halides is 2. The molecule has 0 unspecified atom stereocenters. The van der Waals surface area contributed by atoms with Gasteiger partial charge in [-0.25, -0.2) is 18.3 Å². The molecule has 0 saturated heterocycles. The summed E-state index contributed by atoms with van der Waals surface area (Å²) >= 11 is 1.30. The molecule has 1 heterocycles. The van der Waals surface area contributed by atoms with Gasteiger partial charge in [0.15, 0.2) is 5.16 Å². The predicted octanol–water partition coefficient (Wildman–Crippen LogP) is 0.575. The first kappa shape index (κ1) is 12.2. The van der Waals surface area contributed by atoms with E-state index in [0.717, 1.165) is 4.68 Å². The largest absolute Gasteiger partial charge is 0.374 e. The highest BCUT2D eigenvalue weighted by Gasteiger charge is 2.05. The fourth-order valence-corrected chi connectivity index (χ4v) is 1.27. The smallest absolute Gasteiger partial charge is 0.344 e. The van der Waals surface area contributed by atoms with Gasteiger partial charge in [-0.15, -0.1) is 5.10 Å². The lowest BCUT2D eigenvalue weighted by Crippen LogP contribution is -2.21. The first-order valence-electron chi connectivity index (χ1n) is 4.20. The van der Waals surface area contributed by atoms with Gasteiger partial charge in [0.2, 0.25) is 0 Å². The molecule has 8 heteroatoms. The topological polar surface area (TPSA) is 59.9 Å². The zero-order valence-electron chi connectivity index (χ0n) is 8.07. The monoisotopic (exact) mass is 239 g/mol. The minimum atomic E-state index is -2.48. The molecule has 86 valence electrons. The Hall–Kier alpha value is -0.890. The lowest BCUT2D eigenvalue weighted by Gasteiger charge is -2.01. The lowest BCUT2D eigenvalue weighted by molar-refractivity contribution is 0.0137. The third-order valence-corrected chi connectivity index (χ3v) is 2.11. The predicted molar refractivity (Wildman–Crippen MR) is 51.5 cm³/mol. The molecule has 5 nitrogen and oxygen atoms in total. The van der Waals surface area contributed by atoms with Crippen molar-refractivity contribution in [2.45, 2.75) is 18.1 Å². The molecule has 0 amide bonds. The molecule has 1 N–H and O–H groups in total. The fraction of sp³-hybridized carbons (Fsp3) is 0.714. The van der Waals surface area contributed by atoms with E-state index in [9.17, 15) is 13.6 Å². The van der Waals surface area contributed by atoms with Crippen LogP contribution in [0.4, 0.5) is 8.78 Å². The van der Waals surface area contributed by atoms with Crippen LogP contribution in [0.2, 0.25) is 0 Å². The third kappa shape index (κ3) is 4.00. The van der Waals surface area contributed by atoms with Crippen molar-refractivity contribution in [3.63, 3.8) is 0 Å². The molecule has 0 aromatic carbocycles. The van der Waals surface area contributed by atoms with Gasteiger partial charge < -0.3 is 4.74 Å². The molecule has 0 aliphatic rings. The Kier molecular flexibility index (Phi) is 4.76. The van der Waals surface area contributed by atoms with Crippen LogP contribution in [0.25, 0.3) is 0 Å². The van der Waals surface area contributed by atoms with E-state index in [4.69, 9.17) is 0 Å². The minimum Gasteiger partial charge on any atom is -0.374 e. The van der Waals surface area contributed by atoms with Crippen molar-refractivity contribution in [2.24, 2.45) is 0 Å². The molecule has 1 aromatic heterocycles. The van der Waals surface area contributed by atoms with Crippen LogP contribution >= 0.6 is 11.8 Å². The highest BCUT2D eigenvalue weighted by atomic mass is 32.2. The van der Waals surface area contributed by atoms with E-state index >= 15 is 0 Å². The summed E-state index contributed by atoms with van der Waals surface area (Å²) < 4.78 is 29.1. The van der Waals surface area contributed by atoms with Crippen molar-refractivity contribution >= 4 is 11.8 Å². The van der Waals surface area contributed by atoms with Crippen molar-refractivity contribution < 1.29 is 13.5 Å². The minimum absolute atomic E-state index is 0.0446. The second kappa shape index (κ2) is 5.86. The maximum absolute atomic E-state index is 11.7. The normalized spacial score (nSPS) is 11.2. The molecule has 0 radical (unpaired) electrons.